The molecule has 1 amide bonds. The van der Waals surface area contributed by atoms with E-state index in [4.69, 9.17) is 5.73 Å². The molecule has 0 bridgehead atoms. The molecule has 0 atom stereocenters. The van der Waals surface area contributed by atoms with Gasteiger partial charge in [0.25, 0.3) is 5.91 Å². The molecule has 0 spiro atoms. The number of hydrogen-bond acceptors (Lipinski definition) is 6. The fourth-order valence-electron chi connectivity index (χ4n) is 3.47. The number of carbonyl (C=O) groups excluding carboxylic acids is 1. The zero-order chi connectivity index (χ0) is 21.3. The lowest BCUT2D eigenvalue weighted by Gasteiger charge is -2.11. The van der Waals surface area contributed by atoms with Crippen LogP contribution < -0.4 is 16.5 Å². The van der Waals surface area contributed by atoms with E-state index in [-0.39, 0.29) is 5.56 Å². The minimum Gasteiger partial charge on any atom is -0.423 e. The van der Waals surface area contributed by atoms with E-state index in [0.717, 1.165) is 16.6 Å². The van der Waals surface area contributed by atoms with Crippen molar-refractivity contribution >= 4 is 35.2 Å². The summed E-state index contributed by atoms with van der Waals surface area (Å²) in [7, 11) is -1.61. The number of carbonyl (C=O) groups is 1. The third-order valence-corrected chi connectivity index (χ3v) is 4.91. The van der Waals surface area contributed by atoms with Crippen LogP contribution in [0.2, 0.25) is 0 Å². The largest absolute Gasteiger partial charge is 0.490 e. The first kappa shape index (κ1) is 19.6. The van der Waals surface area contributed by atoms with Crippen LogP contribution in [0.3, 0.4) is 0 Å². The van der Waals surface area contributed by atoms with Crippen molar-refractivity contribution in [3.8, 4) is 11.4 Å². The lowest BCUT2D eigenvalue weighted by atomic mass is 9.79. The van der Waals surface area contributed by atoms with Gasteiger partial charge in [-0.15, -0.1) is 0 Å². The second kappa shape index (κ2) is 7.98. The Hall–Kier alpha value is -3.69. The predicted molar refractivity (Wildman–Crippen MR) is 116 cm³/mol. The van der Waals surface area contributed by atoms with Crippen molar-refractivity contribution < 1.29 is 14.8 Å². The van der Waals surface area contributed by atoms with E-state index >= 15 is 0 Å². The monoisotopic (exact) mass is 401 g/mol. The van der Waals surface area contributed by atoms with E-state index in [9.17, 15) is 14.8 Å². The molecule has 4 rings (SSSR count). The minimum absolute atomic E-state index is 0.193. The Labute approximate surface area is 173 Å². The van der Waals surface area contributed by atoms with Gasteiger partial charge >= 0.3 is 7.12 Å². The van der Waals surface area contributed by atoms with Crippen LogP contribution in [0.15, 0.2) is 54.7 Å². The van der Waals surface area contributed by atoms with Crippen molar-refractivity contribution in [2.45, 2.75) is 13.5 Å². The molecule has 2 aromatic carbocycles. The molecule has 4 aromatic rings. The normalized spacial score (nSPS) is 10.9. The molecule has 0 aliphatic rings. The van der Waals surface area contributed by atoms with Gasteiger partial charge in [-0.1, -0.05) is 48.5 Å². The fourth-order valence-corrected chi connectivity index (χ4v) is 3.47. The number of rotatable bonds is 6. The van der Waals surface area contributed by atoms with E-state index in [1.807, 2.05) is 43.3 Å². The van der Waals surface area contributed by atoms with Gasteiger partial charge in [-0.3, -0.25) is 4.79 Å². The first-order valence-corrected chi connectivity index (χ1v) is 9.38. The molecule has 0 saturated heterocycles. The summed E-state index contributed by atoms with van der Waals surface area (Å²) in [5.74, 6) is 0.103. The first-order valence-electron chi connectivity index (χ1n) is 9.38. The van der Waals surface area contributed by atoms with Gasteiger partial charge in [-0.05, 0) is 12.5 Å². The van der Waals surface area contributed by atoms with E-state index < -0.39 is 13.0 Å². The number of aromatic amines is 1. The van der Waals surface area contributed by atoms with Crippen molar-refractivity contribution in [2.75, 3.05) is 5.32 Å². The highest BCUT2D eigenvalue weighted by Gasteiger charge is 2.21. The average Bonchev–Trinajstić information content (AvgIpc) is 3.08. The number of benzene rings is 2. The number of fused-ring (bicyclic) bond motifs is 1. The summed E-state index contributed by atoms with van der Waals surface area (Å²) in [6.45, 7) is 2.32. The molecular formula is C21H20BN5O3. The molecule has 0 aliphatic heterocycles. The molecule has 0 fully saturated rings. The number of nitrogens with one attached hydrogen (secondary N) is 2. The van der Waals surface area contributed by atoms with Gasteiger partial charge in [0, 0.05) is 40.4 Å². The number of aromatic nitrogens is 3. The number of anilines is 1. The van der Waals surface area contributed by atoms with Crippen LogP contribution in [-0.4, -0.2) is 38.0 Å². The zero-order valence-electron chi connectivity index (χ0n) is 16.3. The van der Waals surface area contributed by atoms with Crippen LogP contribution >= 0.6 is 0 Å². The Bertz CT molecular complexity index is 1220. The molecule has 0 saturated carbocycles. The summed E-state index contributed by atoms with van der Waals surface area (Å²) in [6.07, 6.45) is 1.40. The van der Waals surface area contributed by atoms with E-state index in [0.29, 0.717) is 34.7 Å². The maximum absolute atomic E-state index is 11.9. The standard InChI is InChI=1S/C21H20BN5O3/c1-12-17(14-8-5-9-16(22(29)30)18(14)26-12)21-25-11-15(19(23)28)20(27-21)24-10-13-6-3-2-4-7-13/h2-9,11,26,29-30H,10H2,1H3,(H2,23,28)(H,24,25,27). The quantitative estimate of drug-likeness (QED) is 0.309. The van der Waals surface area contributed by atoms with Gasteiger partial charge in [0.2, 0.25) is 0 Å². The second-order valence-corrected chi connectivity index (χ2v) is 6.93. The summed E-state index contributed by atoms with van der Waals surface area (Å²) >= 11 is 0. The van der Waals surface area contributed by atoms with Crippen LogP contribution in [0.5, 0.6) is 0 Å². The van der Waals surface area contributed by atoms with Crippen molar-refractivity contribution in [1.82, 2.24) is 15.0 Å². The Morgan fingerprint density at radius 3 is 2.63 bits per heavy atom. The second-order valence-electron chi connectivity index (χ2n) is 6.93. The van der Waals surface area contributed by atoms with Crippen molar-refractivity contribution in [2.24, 2.45) is 5.73 Å². The van der Waals surface area contributed by atoms with Gasteiger partial charge in [-0.25, -0.2) is 9.97 Å². The summed E-state index contributed by atoms with van der Waals surface area (Å²) < 4.78 is 0. The van der Waals surface area contributed by atoms with Gasteiger partial charge in [0.15, 0.2) is 5.82 Å². The van der Waals surface area contributed by atoms with Crippen LogP contribution in [0.4, 0.5) is 5.82 Å². The Morgan fingerprint density at radius 1 is 1.17 bits per heavy atom. The molecule has 0 radical (unpaired) electrons. The van der Waals surface area contributed by atoms with Crippen molar-refractivity contribution in [3.63, 3.8) is 0 Å². The minimum atomic E-state index is -1.61. The molecule has 2 heterocycles. The highest BCUT2D eigenvalue weighted by molar-refractivity contribution is 6.61. The average molecular weight is 401 g/mol. The lowest BCUT2D eigenvalue weighted by Crippen LogP contribution is -2.30. The molecule has 2 aromatic heterocycles. The van der Waals surface area contributed by atoms with Gasteiger partial charge in [0.05, 0.1) is 5.56 Å². The van der Waals surface area contributed by atoms with Crippen LogP contribution in [0.1, 0.15) is 21.6 Å². The predicted octanol–water partition coefficient (Wildman–Crippen LogP) is 1.32. The maximum atomic E-state index is 11.9. The Morgan fingerprint density at radius 2 is 1.93 bits per heavy atom. The van der Waals surface area contributed by atoms with Crippen LogP contribution in [0.25, 0.3) is 22.3 Å². The zero-order valence-corrected chi connectivity index (χ0v) is 16.3. The highest BCUT2D eigenvalue weighted by atomic mass is 16.4. The molecule has 9 heteroatoms. The first-order chi connectivity index (χ1) is 14.5. The molecule has 0 unspecified atom stereocenters. The molecule has 0 aliphatic carbocycles. The van der Waals surface area contributed by atoms with Crippen LogP contribution in [0, 0.1) is 6.92 Å². The summed E-state index contributed by atoms with van der Waals surface area (Å²) in [5, 5.41) is 23.2. The smallest absolute Gasteiger partial charge is 0.423 e. The Kier molecular flexibility index (Phi) is 5.22. The number of aryl methyl sites for hydroxylation is 1. The van der Waals surface area contributed by atoms with Gasteiger partial charge in [0.1, 0.15) is 5.82 Å². The van der Waals surface area contributed by atoms with Gasteiger partial charge in [-0.2, -0.15) is 0 Å². The SMILES string of the molecule is Cc1[nH]c2c(B(O)O)cccc2c1-c1ncc(C(N)=O)c(NCc2ccccc2)n1. The van der Waals surface area contributed by atoms with Crippen molar-refractivity contribution in [3.05, 3.63) is 71.5 Å². The number of primary amides is 1. The fraction of sp³-hybridized carbons (Fsp3) is 0.0952. The molecular weight excluding hydrogens is 381 g/mol. The maximum Gasteiger partial charge on any atom is 0.490 e. The van der Waals surface area contributed by atoms with E-state index in [1.54, 1.807) is 12.1 Å². The number of nitrogens with two attached hydrogens (primary N) is 1. The number of para-hydroxylation sites is 1. The molecule has 6 N–H and O–H groups in total. The molecule has 8 nitrogen and oxygen atoms in total. The summed E-state index contributed by atoms with van der Waals surface area (Å²) in [5.41, 5.74) is 9.16. The summed E-state index contributed by atoms with van der Waals surface area (Å²) in [6, 6.07) is 14.9. The third kappa shape index (κ3) is 3.63. The summed E-state index contributed by atoms with van der Waals surface area (Å²) in [4.78, 5) is 24.0. The number of amides is 1. The number of hydrogen-bond donors (Lipinski definition) is 5. The highest BCUT2D eigenvalue weighted by Crippen LogP contribution is 2.30. The van der Waals surface area contributed by atoms with Gasteiger partial charge < -0.3 is 26.1 Å². The topological polar surface area (TPSA) is 137 Å². The molecule has 30 heavy (non-hydrogen) atoms. The number of H-pyrrole nitrogens is 1. The Balaban J connectivity index is 1.79. The van der Waals surface area contributed by atoms with E-state index in [1.165, 1.54) is 6.20 Å². The van der Waals surface area contributed by atoms with Crippen molar-refractivity contribution in [1.29, 1.82) is 0 Å². The lowest BCUT2D eigenvalue weighted by molar-refractivity contribution is 0.100. The van der Waals surface area contributed by atoms with E-state index in [2.05, 4.69) is 20.3 Å². The number of nitrogens with zero attached hydrogens (tertiary/aromatic N) is 2. The molecule has 150 valence electrons. The van der Waals surface area contributed by atoms with Crippen LogP contribution in [-0.2, 0) is 6.54 Å². The third-order valence-electron chi connectivity index (χ3n) is 4.91.